The number of guanidine groups is 1. The lowest BCUT2D eigenvalue weighted by Crippen LogP contribution is -2.40. The van der Waals surface area contributed by atoms with E-state index in [9.17, 15) is 0 Å². The summed E-state index contributed by atoms with van der Waals surface area (Å²) >= 11 is 0. The maximum absolute atomic E-state index is 9.17. The molecule has 1 aromatic carbocycles. The van der Waals surface area contributed by atoms with E-state index in [1.807, 2.05) is 0 Å². The molecule has 0 aliphatic rings. The molecule has 4 nitrogen and oxygen atoms in total. The lowest BCUT2D eigenvalue weighted by molar-refractivity contribution is 0.251. The summed E-state index contributed by atoms with van der Waals surface area (Å²) in [7, 11) is 0. The highest BCUT2D eigenvalue weighted by molar-refractivity contribution is 14.0. The summed E-state index contributed by atoms with van der Waals surface area (Å²) < 4.78 is 0. The van der Waals surface area contributed by atoms with E-state index in [1.54, 1.807) is 0 Å². The van der Waals surface area contributed by atoms with Crippen LogP contribution < -0.4 is 10.6 Å². The number of aryl methyl sites for hydroxylation is 1. The Kier molecular flexibility index (Phi) is 14.0. The van der Waals surface area contributed by atoms with Crippen molar-refractivity contribution in [1.29, 1.82) is 0 Å². The Morgan fingerprint density at radius 1 is 1.08 bits per heavy atom. The van der Waals surface area contributed by atoms with Gasteiger partial charge < -0.3 is 15.7 Å². The molecular formula is C19H34IN3O. The van der Waals surface area contributed by atoms with Crippen LogP contribution >= 0.6 is 24.0 Å². The quantitative estimate of drug-likeness (QED) is 0.291. The molecule has 1 unspecified atom stereocenters. The lowest BCUT2D eigenvalue weighted by Gasteiger charge is -2.18. The van der Waals surface area contributed by atoms with Crippen molar-refractivity contribution in [2.24, 2.45) is 10.9 Å². The van der Waals surface area contributed by atoms with Crippen molar-refractivity contribution in [3.63, 3.8) is 0 Å². The van der Waals surface area contributed by atoms with Crippen molar-refractivity contribution in [1.82, 2.24) is 10.6 Å². The second kappa shape index (κ2) is 14.5. The van der Waals surface area contributed by atoms with Crippen molar-refractivity contribution in [3.05, 3.63) is 35.4 Å². The third kappa shape index (κ3) is 8.87. The average Bonchev–Trinajstić information content (AvgIpc) is 2.57. The van der Waals surface area contributed by atoms with Gasteiger partial charge in [0.25, 0.3) is 0 Å². The Hall–Kier alpha value is -0.820. The summed E-state index contributed by atoms with van der Waals surface area (Å²) in [6, 6.07) is 8.48. The maximum atomic E-state index is 9.17. The van der Waals surface area contributed by atoms with E-state index in [1.165, 1.54) is 11.1 Å². The van der Waals surface area contributed by atoms with Gasteiger partial charge in [0.15, 0.2) is 5.96 Å². The minimum absolute atomic E-state index is 0. The van der Waals surface area contributed by atoms with Gasteiger partial charge in [-0.05, 0) is 43.2 Å². The van der Waals surface area contributed by atoms with Gasteiger partial charge in [0.2, 0.25) is 0 Å². The van der Waals surface area contributed by atoms with Gasteiger partial charge in [-0.1, -0.05) is 44.5 Å². The molecule has 0 spiro atoms. The lowest BCUT2D eigenvalue weighted by atomic mass is 10.0. The average molecular weight is 447 g/mol. The van der Waals surface area contributed by atoms with Crippen LogP contribution in [0.1, 0.15) is 51.2 Å². The van der Waals surface area contributed by atoms with E-state index in [0.717, 1.165) is 44.7 Å². The molecule has 1 rings (SSSR count). The minimum Gasteiger partial charge on any atom is -0.396 e. The van der Waals surface area contributed by atoms with Crippen LogP contribution in [-0.2, 0) is 13.0 Å². The number of aliphatic imine (C=N–C) groups is 1. The van der Waals surface area contributed by atoms with Crippen LogP contribution in [0.3, 0.4) is 0 Å². The van der Waals surface area contributed by atoms with Gasteiger partial charge in [-0.2, -0.15) is 0 Å². The van der Waals surface area contributed by atoms with E-state index < -0.39 is 0 Å². The molecule has 24 heavy (non-hydrogen) atoms. The molecule has 1 atom stereocenters. The summed E-state index contributed by atoms with van der Waals surface area (Å²) in [5.41, 5.74) is 2.64. The van der Waals surface area contributed by atoms with Gasteiger partial charge >= 0.3 is 0 Å². The van der Waals surface area contributed by atoms with Gasteiger partial charge in [0.1, 0.15) is 0 Å². The molecule has 0 radical (unpaired) electrons. The minimum atomic E-state index is 0. The zero-order valence-electron chi connectivity index (χ0n) is 15.3. The van der Waals surface area contributed by atoms with E-state index >= 15 is 0 Å². The van der Waals surface area contributed by atoms with Crippen molar-refractivity contribution < 1.29 is 5.11 Å². The normalized spacial score (nSPS) is 12.4. The molecule has 0 saturated heterocycles. The molecule has 0 saturated carbocycles. The number of aliphatic hydroxyl groups is 1. The van der Waals surface area contributed by atoms with Crippen LogP contribution in [0.15, 0.2) is 29.3 Å². The van der Waals surface area contributed by atoms with Crippen LogP contribution in [0.5, 0.6) is 0 Å². The van der Waals surface area contributed by atoms with Gasteiger partial charge in [0.05, 0.1) is 6.54 Å². The monoisotopic (exact) mass is 447 g/mol. The second-order valence-electron chi connectivity index (χ2n) is 5.87. The van der Waals surface area contributed by atoms with Gasteiger partial charge in [0, 0.05) is 19.7 Å². The van der Waals surface area contributed by atoms with Crippen LogP contribution in [0.2, 0.25) is 0 Å². The molecule has 0 bridgehead atoms. The number of nitrogens with one attached hydrogen (secondary N) is 2. The van der Waals surface area contributed by atoms with Gasteiger partial charge in [-0.25, -0.2) is 4.99 Å². The van der Waals surface area contributed by atoms with Crippen molar-refractivity contribution in [2.45, 2.75) is 53.0 Å². The fourth-order valence-electron chi connectivity index (χ4n) is 2.74. The molecule has 0 aliphatic heterocycles. The Balaban J connectivity index is 0.00000529. The zero-order valence-corrected chi connectivity index (χ0v) is 17.7. The highest BCUT2D eigenvalue weighted by atomic mass is 127. The molecule has 1 aromatic rings. The molecule has 0 aliphatic carbocycles. The molecule has 0 aromatic heterocycles. The Bertz CT molecular complexity index is 460. The number of halogens is 1. The van der Waals surface area contributed by atoms with E-state index in [0.29, 0.717) is 12.5 Å². The Morgan fingerprint density at radius 3 is 2.38 bits per heavy atom. The van der Waals surface area contributed by atoms with Gasteiger partial charge in [-0.3, -0.25) is 0 Å². The third-order valence-electron chi connectivity index (χ3n) is 4.04. The van der Waals surface area contributed by atoms with E-state index in [-0.39, 0.29) is 30.6 Å². The predicted molar refractivity (Wildman–Crippen MR) is 114 cm³/mol. The summed E-state index contributed by atoms with van der Waals surface area (Å²) in [5, 5.41) is 15.9. The summed E-state index contributed by atoms with van der Waals surface area (Å²) in [6.07, 6.45) is 4.15. The van der Waals surface area contributed by atoms with Gasteiger partial charge in [-0.15, -0.1) is 24.0 Å². The molecule has 0 fully saturated rings. The van der Waals surface area contributed by atoms with Crippen LogP contribution in [0.25, 0.3) is 0 Å². The fourth-order valence-corrected chi connectivity index (χ4v) is 2.74. The molecule has 0 amide bonds. The van der Waals surface area contributed by atoms with Crippen LogP contribution in [0.4, 0.5) is 0 Å². The third-order valence-corrected chi connectivity index (χ3v) is 4.04. The topological polar surface area (TPSA) is 56.6 Å². The zero-order chi connectivity index (χ0) is 16.9. The first-order chi connectivity index (χ1) is 11.2. The number of rotatable bonds is 10. The molecule has 5 heteroatoms. The summed E-state index contributed by atoms with van der Waals surface area (Å²) in [6.45, 7) is 9.09. The first kappa shape index (κ1) is 23.2. The highest BCUT2D eigenvalue weighted by Crippen LogP contribution is 2.11. The molecule has 3 N–H and O–H groups in total. The summed E-state index contributed by atoms with van der Waals surface area (Å²) in [4.78, 5) is 4.72. The first-order valence-corrected chi connectivity index (χ1v) is 8.94. The fraction of sp³-hybridized carbons (Fsp3) is 0.632. The summed E-state index contributed by atoms with van der Waals surface area (Å²) in [5.74, 6) is 1.36. The largest absolute Gasteiger partial charge is 0.396 e. The molecular weight excluding hydrogens is 413 g/mol. The maximum Gasteiger partial charge on any atom is 0.191 e. The van der Waals surface area contributed by atoms with E-state index in [2.05, 4.69) is 55.7 Å². The number of hydrogen-bond acceptors (Lipinski definition) is 2. The standard InChI is InChI=1S/C19H33N3O.HI/c1-4-9-16(12-13-23)14-21-19(20-6-3)22-15-18-11-8-7-10-17(18)5-2;/h7-8,10-11,16,23H,4-6,9,12-15H2,1-3H3,(H2,20,21,22);1H. The van der Waals surface area contributed by atoms with Crippen LogP contribution in [0, 0.1) is 5.92 Å². The van der Waals surface area contributed by atoms with Crippen LogP contribution in [-0.4, -0.2) is 30.8 Å². The SMILES string of the molecule is CCCC(CCO)CNC(=NCc1ccccc1CC)NCC.I. The van der Waals surface area contributed by atoms with Crippen molar-refractivity contribution in [2.75, 3.05) is 19.7 Å². The number of hydrogen-bond donors (Lipinski definition) is 3. The Labute approximate surface area is 164 Å². The smallest absolute Gasteiger partial charge is 0.191 e. The first-order valence-electron chi connectivity index (χ1n) is 8.94. The second-order valence-corrected chi connectivity index (χ2v) is 5.87. The molecule has 0 heterocycles. The predicted octanol–water partition coefficient (Wildman–Crippen LogP) is 3.72. The Morgan fingerprint density at radius 2 is 1.79 bits per heavy atom. The molecule has 138 valence electrons. The number of benzene rings is 1. The van der Waals surface area contributed by atoms with E-state index in [4.69, 9.17) is 10.1 Å². The van der Waals surface area contributed by atoms with Crippen molar-refractivity contribution >= 4 is 29.9 Å². The number of aliphatic hydroxyl groups excluding tert-OH is 1. The number of nitrogens with zero attached hydrogens (tertiary/aromatic N) is 1. The van der Waals surface area contributed by atoms with Crippen molar-refractivity contribution in [3.8, 4) is 0 Å². The highest BCUT2D eigenvalue weighted by Gasteiger charge is 2.08.